The molecule has 2 aromatic heterocycles. The molecule has 3 rings (SSSR count). The first kappa shape index (κ1) is 15.7. The molecule has 3 aromatic rings. The van der Waals surface area contributed by atoms with Gasteiger partial charge >= 0.3 is 5.97 Å². The van der Waals surface area contributed by atoms with E-state index in [2.05, 4.69) is 25.2 Å². The minimum atomic E-state index is -0.518. The second-order valence-corrected chi connectivity index (χ2v) is 5.06. The number of benzene rings is 1. The molecule has 0 amide bonds. The lowest BCUT2D eigenvalue weighted by molar-refractivity contribution is 0.0593. The topological polar surface area (TPSA) is 90.1 Å². The van der Waals surface area contributed by atoms with E-state index in [4.69, 9.17) is 4.52 Å². The molecular weight excluding hydrogens is 308 g/mol. The van der Waals surface area contributed by atoms with Gasteiger partial charge in [-0.3, -0.25) is 0 Å². The summed E-state index contributed by atoms with van der Waals surface area (Å²) >= 11 is 0. The fourth-order valence-corrected chi connectivity index (χ4v) is 2.23. The predicted molar refractivity (Wildman–Crippen MR) is 87.4 cm³/mol. The molecule has 0 saturated carbocycles. The maximum Gasteiger partial charge on any atom is 0.358 e. The molecule has 0 unspecified atom stereocenters. The fraction of sp³-hybridized carbons (Fsp3) is 0.176. The van der Waals surface area contributed by atoms with Crippen molar-refractivity contribution in [3.8, 4) is 11.3 Å². The van der Waals surface area contributed by atoms with Crippen molar-refractivity contribution in [2.24, 2.45) is 0 Å². The van der Waals surface area contributed by atoms with Crippen LogP contribution in [0.5, 0.6) is 0 Å². The maximum absolute atomic E-state index is 11.3. The van der Waals surface area contributed by atoms with Crippen LogP contribution in [0.1, 0.15) is 21.8 Å². The van der Waals surface area contributed by atoms with Crippen molar-refractivity contribution in [1.82, 2.24) is 15.1 Å². The SMILES string of the molecule is COC(=O)c1cnc(NCc2c(-c3ccccc3)noc2C)cn1. The van der Waals surface area contributed by atoms with E-state index in [9.17, 15) is 4.79 Å². The van der Waals surface area contributed by atoms with Gasteiger partial charge in [-0.1, -0.05) is 35.5 Å². The number of nitrogens with zero attached hydrogens (tertiary/aromatic N) is 3. The number of rotatable bonds is 5. The largest absolute Gasteiger partial charge is 0.464 e. The Morgan fingerprint density at radius 3 is 2.67 bits per heavy atom. The Bertz CT molecular complexity index is 829. The van der Waals surface area contributed by atoms with Gasteiger partial charge in [-0.05, 0) is 6.92 Å². The number of aromatic nitrogens is 3. The average Bonchev–Trinajstić information content (AvgIpc) is 3.01. The van der Waals surface area contributed by atoms with Crippen molar-refractivity contribution in [3.05, 3.63) is 59.7 Å². The molecule has 1 N–H and O–H groups in total. The zero-order chi connectivity index (χ0) is 16.9. The van der Waals surface area contributed by atoms with E-state index in [0.717, 1.165) is 22.6 Å². The van der Waals surface area contributed by atoms with Crippen molar-refractivity contribution >= 4 is 11.8 Å². The molecule has 0 aliphatic rings. The summed E-state index contributed by atoms with van der Waals surface area (Å²) in [5, 5.41) is 7.29. The van der Waals surface area contributed by atoms with Crippen LogP contribution in [0.15, 0.2) is 47.2 Å². The zero-order valence-corrected chi connectivity index (χ0v) is 13.3. The highest BCUT2D eigenvalue weighted by Gasteiger charge is 2.14. The van der Waals surface area contributed by atoms with Gasteiger partial charge in [-0.2, -0.15) is 0 Å². The van der Waals surface area contributed by atoms with Crippen LogP contribution in [0, 0.1) is 6.92 Å². The highest BCUT2D eigenvalue weighted by Crippen LogP contribution is 2.25. The number of ether oxygens (including phenoxy) is 1. The van der Waals surface area contributed by atoms with E-state index < -0.39 is 5.97 Å². The Hall–Kier alpha value is -3.22. The number of carbonyl (C=O) groups is 1. The van der Waals surface area contributed by atoms with Crippen molar-refractivity contribution in [3.63, 3.8) is 0 Å². The second kappa shape index (κ2) is 6.91. The van der Waals surface area contributed by atoms with Crippen molar-refractivity contribution in [2.75, 3.05) is 12.4 Å². The number of nitrogens with one attached hydrogen (secondary N) is 1. The van der Waals surface area contributed by atoms with Crippen LogP contribution in [0.2, 0.25) is 0 Å². The molecule has 1 aromatic carbocycles. The Kier molecular flexibility index (Phi) is 4.51. The van der Waals surface area contributed by atoms with Crippen LogP contribution in [0.3, 0.4) is 0 Å². The van der Waals surface area contributed by atoms with E-state index >= 15 is 0 Å². The van der Waals surface area contributed by atoms with E-state index in [1.807, 2.05) is 37.3 Å². The molecule has 24 heavy (non-hydrogen) atoms. The Balaban J connectivity index is 1.76. The number of carbonyl (C=O) groups excluding carboxylic acids is 1. The molecule has 7 heteroatoms. The van der Waals surface area contributed by atoms with E-state index in [-0.39, 0.29) is 5.69 Å². The lowest BCUT2D eigenvalue weighted by Crippen LogP contribution is -2.07. The molecule has 2 heterocycles. The summed E-state index contributed by atoms with van der Waals surface area (Å²) in [5.41, 5.74) is 2.88. The van der Waals surface area contributed by atoms with Gasteiger partial charge in [0, 0.05) is 17.7 Å². The maximum atomic E-state index is 11.3. The molecule has 0 atom stereocenters. The van der Waals surface area contributed by atoms with Crippen LogP contribution < -0.4 is 5.32 Å². The summed E-state index contributed by atoms with van der Waals surface area (Å²) in [6.45, 7) is 2.34. The number of aryl methyl sites for hydroxylation is 1. The highest BCUT2D eigenvalue weighted by molar-refractivity contribution is 5.86. The van der Waals surface area contributed by atoms with Crippen molar-refractivity contribution in [1.29, 1.82) is 0 Å². The number of hydrogen-bond acceptors (Lipinski definition) is 7. The third kappa shape index (κ3) is 3.24. The van der Waals surface area contributed by atoms with Gasteiger partial charge < -0.3 is 14.6 Å². The average molecular weight is 324 g/mol. The molecule has 0 spiro atoms. The second-order valence-electron chi connectivity index (χ2n) is 5.06. The standard InChI is InChI=1S/C17H16N4O3/c1-11-13(16(21-24-11)12-6-4-3-5-7-12)8-19-15-10-18-14(9-20-15)17(22)23-2/h3-7,9-10H,8H2,1-2H3,(H,19,20). The molecule has 7 nitrogen and oxygen atoms in total. The summed E-state index contributed by atoms with van der Waals surface area (Å²) in [6.07, 6.45) is 2.85. The zero-order valence-electron chi connectivity index (χ0n) is 13.3. The molecule has 0 fully saturated rings. The Labute approximate surface area is 138 Å². The molecule has 0 aliphatic carbocycles. The first-order valence-electron chi connectivity index (χ1n) is 7.34. The van der Waals surface area contributed by atoms with Crippen molar-refractivity contribution < 1.29 is 14.1 Å². The monoisotopic (exact) mass is 324 g/mol. The Morgan fingerprint density at radius 2 is 2.00 bits per heavy atom. The van der Waals surface area contributed by atoms with Crippen LogP contribution in [-0.4, -0.2) is 28.2 Å². The summed E-state index contributed by atoms with van der Waals surface area (Å²) in [7, 11) is 1.30. The highest BCUT2D eigenvalue weighted by atomic mass is 16.5. The van der Waals surface area contributed by atoms with Gasteiger partial charge in [0.25, 0.3) is 0 Å². The van der Waals surface area contributed by atoms with Gasteiger partial charge in [-0.25, -0.2) is 14.8 Å². The Morgan fingerprint density at radius 1 is 1.21 bits per heavy atom. The minimum Gasteiger partial charge on any atom is -0.464 e. The smallest absolute Gasteiger partial charge is 0.358 e. The van der Waals surface area contributed by atoms with Gasteiger partial charge in [-0.15, -0.1) is 0 Å². The minimum absolute atomic E-state index is 0.161. The van der Waals surface area contributed by atoms with Crippen LogP contribution in [-0.2, 0) is 11.3 Å². The third-order valence-electron chi connectivity index (χ3n) is 3.52. The first-order chi connectivity index (χ1) is 11.7. The van der Waals surface area contributed by atoms with Gasteiger partial charge in [0.2, 0.25) is 0 Å². The number of methoxy groups -OCH3 is 1. The lowest BCUT2D eigenvalue weighted by atomic mass is 10.1. The number of anilines is 1. The van der Waals surface area contributed by atoms with E-state index in [0.29, 0.717) is 12.4 Å². The molecule has 122 valence electrons. The molecule has 0 radical (unpaired) electrons. The lowest BCUT2D eigenvalue weighted by Gasteiger charge is -2.06. The normalized spacial score (nSPS) is 10.4. The van der Waals surface area contributed by atoms with Crippen LogP contribution in [0.25, 0.3) is 11.3 Å². The first-order valence-corrected chi connectivity index (χ1v) is 7.34. The van der Waals surface area contributed by atoms with Gasteiger partial charge in [0.1, 0.15) is 17.3 Å². The molecular formula is C17H16N4O3. The molecule has 0 bridgehead atoms. The van der Waals surface area contributed by atoms with Gasteiger partial charge in [0.15, 0.2) is 5.69 Å². The van der Waals surface area contributed by atoms with E-state index in [1.165, 1.54) is 19.5 Å². The fourth-order valence-electron chi connectivity index (χ4n) is 2.23. The molecule has 0 saturated heterocycles. The number of hydrogen-bond donors (Lipinski definition) is 1. The summed E-state index contributed by atoms with van der Waals surface area (Å²) in [6, 6.07) is 9.81. The summed E-state index contributed by atoms with van der Waals surface area (Å²) < 4.78 is 9.91. The molecule has 0 aliphatic heterocycles. The predicted octanol–water partition coefficient (Wildman–Crippen LogP) is 2.84. The van der Waals surface area contributed by atoms with Crippen LogP contribution >= 0.6 is 0 Å². The van der Waals surface area contributed by atoms with E-state index in [1.54, 1.807) is 0 Å². The van der Waals surface area contributed by atoms with Crippen LogP contribution in [0.4, 0.5) is 5.82 Å². The third-order valence-corrected chi connectivity index (χ3v) is 3.52. The summed E-state index contributed by atoms with van der Waals surface area (Å²) in [4.78, 5) is 19.5. The quantitative estimate of drug-likeness (QED) is 0.722. The van der Waals surface area contributed by atoms with Crippen molar-refractivity contribution in [2.45, 2.75) is 13.5 Å². The number of esters is 1. The summed E-state index contributed by atoms with van der Waals surface area (Å²) in [5.74, 6) is 0.762. The van der Waals surface area contributed by atoms with Gasteiger partial charge in [0.05, 0.1) is 19.5 Å².